The van der Waals surface area contributed by atoms with Crippen molar-refractivity contribution in [3.63, 3.8) is 0 Å². The lowest BCUT2D eigenvalue weighted by molar-refractivity contribution is 0.0604. The summed E-state index contributed by atoms with van der Waals surface area (Å²) in [5.74, 6) is 0.166. The normalized spacial score (nSPS) is 13.2. The Kier molecular flexibility index (Phi) is 4.58. The standard InChI is InChI=1S/C16H24N2O2/c1-15(2,3)12-9-7-11(8-10-12)13(17)18-14(19)20-16(4,5)6/h7-10H,1-6H3,(H2,17,18,19). The molecule has 0 bridgehead atoms. The lowest BCUT2D eigenvalue weighted by Gasteiger charge is -2.19. The molecule has 0 atom stereocenters. The van der Waals surface area contributed by atoms with E-state index >= 15 is 0 Å². The van der Waals surface area contributed by atoms with Gasteiger partial charge in [-0.2, -0.15) is 4.99 Å². The Balaban J connectivity index is 2.87. The lowest BCUT2D eigenvalue weighted by atomic mass is 9.87. The number of ether oxygens (including phenoxy) is 1. The van der Waals surface area contributed by atoms with Crippen molar-refractivity contribution in [2.45, 2.75) is 52.6 Å². The molecule has 0 heterocycles. The Morgan fingerprint density at radius 1 is 1.05 bits per heavy atom. The molecule has 0 aliphatic heterocycles. The van der Waals surface area contributed by atoms with Crippen molar-refractivity contribution in [1.29, 1.82) is 0 Å². The Labute approximate surface area is 121 Å². The molecule has 0 radical (unpaired) electrons. The number of aliphatic imine (C=N–C) groups is 1. The van der Waals surface area contributed by atoms with E-state index in [0.717, 1.165) is 0 Å². The number of benzene rings is 1. The maximum Gasteiger partial charge on any atom is 0.436 e. The van der Waals surface area contributed by atoms with Gasteiger partial charge in [0.05, 0.1) is 0 Å². The van der Waals surface area contributed by atoms with Crippen LogP contribution in [0.1, 0.15) is 52.7 Å². The fourth-order valence-corrected chi connectivity index (χ4v) is 1.59. The van der Waals surface area contributed by atoms with Gasteiger partial charge >= 0.3 is 6.09 Å². The van der Waals surface area contributed by atoms with Gasteiger partial charge in [-0.1, -0.05) is 45.0 Å². The van der Waals surface area contributed by atoms with Crippen molar-refractivity contribution in [3.05, 3.63) is 35.4 Å². The summed E-state index contributed by atoms with van der Waals surface area (Å²) >= 11 is 0. The van der Waals surface area contributed by atoms with Crippen molar-refractivity contribution in [2.24, 2.45) is 10.7 Å². The van der Waals surface area contributed by atoms with Crippen LogP contribution in [-0.2, 0) is 10.2 Å². The minimum atomic E-state index is -0.671. The highest BCUT2D eigenvalue weighted by molar-refractivity contribution is 6.02. The quantitative estimate of drug-likeness (QED) is 0.629. The number of rotatable bonds is 1. The predicted molar refractivity (Wildman–Crippen MR) is 82.1 cm³/mol. The van der Waals surface area contributed by atoms with E-state index in [4.69, 9.17) is 10.5 Å². The summed E-state index contributed by atoms with van der Waals surface area (Å²) in [5.41, 5.74) is 7.24. The van der Waals surface area contributed by atoms with Gasteiger partial charge in [-0.25, -0.2) is 4.79 Å². The summed E-state index contributed by atoms with van der Waals surface area (Å²) in [6.07, 6.45) is -0.671. The predicted octanol–water partition coefficient (Wildman–Crippen LogP) is 3.62. The minimum absolute atomic E-state index is 0.0790. The van der Waals surface area contributed by atoms with E-state index in [2.05, 4.69) is 25.8 Å². The van der Waals surface area contributed by atoms with E-state index in [1.54, 1.807) is 20.8 Å². The number of amides is 1. The van der Waals surface area contributed by atoms with Crippen molar-refractivity contribution < 1.29 is 9.53 Å². The van der Waals surface area contributed by atoms with Crippen LogP contribution < -0.4 is 5.73 Å². The monoisotopic (exact) mass is 276 g/mol. The zero-order valence-electron chi connectivity index (χ0n) is 13.2. The van der Waals surface area contributed by atoms with Crippen LogP contribution >= 0.6 is 0 Å². The molecule has 0 saturated carbocycles. The molecule has 1 rings (SSSR count). The van der Waals surface area contributed by atoms with E-state index < -0.39 is 11.7 Å². The summed E-state index contributed by atoms with van der Waals surface area (Å²) in [6, 6.07) is 7.72. The Bertz CT molecular complexity index is 503. The SMILES string of the molecule is CC(C)(C)OC(=O)/N=C(\N)c1ccc(C(C)(C)C)cc1. The maximum atomic E-state index is 11.6. The van der Waals surface area contributed by atoms with Gasteiger partial charge in [0.1, 0.15) is 11.4 Å². The van der Waals surface area contributed by atoms with E-state index in [9.17, 15) is 4.79 Å². The summed E-state index contributed by atoms with van der Waals surface area (Å²) < 4.78 is 5.10. The molecule has 1 aromatic rings. The summed E-state index contributed by atoms with van der Waals surface area (Å²) in [7, 11) is 0. The van der Waals surface area contributed by atoms with Crippen molar-refractivity contribution in [1.82, 2.24) is 0 Å². The van der Waals surface area contributed by atoms with E-state index in [1.807, 2.05) is 24.3 Å². The Morgan fingerprint density at radius 3 is 1.95 bits per heavy atom. The van der Waals surface area contributed by atoms with Crippen molar-refractivity contribution in [2.75, 3.05) is 0 Å². The Morgan fingerprint density at radius 2 is 1.55 bits per heavy atom. The summed E-state index contributed by atoms with van der Waals surface area (Å²) in [4.78, 5) is 15.3. The van der Waals surface area contributed by atoms with Gasteiger partial charge in [-0.3, -0.25) is 0 Å². The second kappa shape index (κ2) is 5.65. The average Bonchev–Trinajstić information content (AvgIpc) is 2.25. The molecule has 4 nitrogen and oxygen atoms in total. The lowest BCUT2D eigenvalue weighted by Crippen LogP contribution is -2.24. The number of hydrogen-bond donors (Lipinski definition) is 1. The molecule has 1 amide bonds. The molecular formula is C16H24N2O2. The van der Waals surface area contributed by atoms with Gasteiger partial charge in [-0.15, -0.1) is 0 Å². The third-order valence-electron chi connectivity index (χ3n) is 2.65. The average molecular weight is 276 g/mol. The van der Waals surface area contributed by atoms with E-state index in [-0.39, 0.29) is 11.3 Å². The number of carbonyl (C=O) groups excluding carboxylic acids is 1. The van der Waals surface area contributed by atoms with Gasteiger partial charge in [-0.05, 0) is 31.7 Å². The molecule has 1 aromatic carbocycles. The van der Waals surface area contributed by atoms with Crippen LogP contribution in [0.4, 0.5) is 4.79 Å². The molecule has 0 saturated heterocycles. The zero-order chi connectivity index (χ0) is 15.6. The number of carbonyl (C=O) groups is 1. The van der Waals surface area contributed by atoms with Gasteiger partial charge < -0.3 is 10.5 Å². The van der Waals surface area contributed by atoms with Gasteiger partial charge in [0, 0.05) is 5.56 Å². The van der Waals surface area contributed by atoms with Crippen molar-refractivity contribution >= 4 is 11.9 Å². The molecule has 0 aromatic heterocycles. The highest BCUT2D eigenvalue weighted by Crippen LogP contribution is 2.22. The topological polar surface area (TPSA) is 64.7 Å². The molecule has 20 heavy (non-hydrogen) atoms. The molecule has 0 fully saturated rings. The van der Waals surface area contributed by atoms with Crippen molar-refractivity contribution in [3.8, 4) is 0 Å². The van der Waals surface area contributed by atoms with E-state index in [0.29, 0.717) is 5.56 Å². The van der Waals surface area contributed by atoms with Gasteiger partial charge in [0.2, 0.25) is 0 Å². The van der Waals surface area contributed by atoms with Gasteiger partial charge in [0.15, 0.2) is 0 Å². The highest BCUT2D eigenvalue weighted by Gasteiger charge is 2.17. The first-order valence-corrected chi connectivity index (χ1v) is 6.67. The highest BCUT2D eigenvalue weighted by atomic mass is 16.6. The fourth-order valence-electron chi connectivity index (χ4n) is 1.59. The molecule has 4 heteroatoms. The molecular weight excluding hydrogens is 252 g/mol. The second-order valence-corrected chi connectivity index (χ2v) is 6.80. The summed E-state index contributed by atoms with van der Waals surface area (Å²) in [6.45, 7) is 11.8. The van der Waals surface area contributed by atoms with Crippen LogP contribution in [0.15, 0.2) is 29.3 Å². The zero-order valence-corrected chi connectivity index (χ0v) is 13.2. The minimum Gasteiger partial charge on any atom is -0.442 e. The summed E-state index contributed by atoms with van der Waals surface area (Å²) in [5, 5.41) is 0. The largest absolute Gasteiger partial charge is 0.442 e. The molecule has 0 aliphatic carbocycles. The first-order chi connectivity index (χ1) is 8.99. The maximum absolute atomic E-state index is 11.6. The first-order valence-electron chi connectivity index (χ1n) is 6.67. The fraction of sp³-hybridized carbons (Fsp3) is 0.500. The molecule has 2 N–H and O–H groups in total. The number of amidine groups is 1. The Hall–Kier alpha value is -1.84. The van der Waals surface area contributed by atoms with Crippen LogP contribution in [0.25, 0.3) is 0 Å². The van der Waals surface area contributed by atoms with Crippen LogP contribution in [-0.4, -0.2) is 17.5 Å². The number of nitrogens with two attached hydrogens (primary N) is 1. The van der Waals surface area contributed by atoms with Crippen LogP contribution in [0.3, 0.4) is 0 Å². The first kappa shape index (κ1) is 16.2. The third-order valence-corrected chi connectivity index (χ3v) is 2.65. The van der Waals surface area contributed by atoms with Crippen LogP contribution in [0.2, 0.25) is 0 Å². The second-order valence-electron chi connectivity index (χ2n) is 6.80. The molecule has 0 spiro atoms. The molecule has 0 unspecified atom stereocenters. The number of nitrogens with zero attached hydrogens (tertiary/aromatic N) is 1. The van der Waals surface area contributed by atoms with E-state index in [1.165, 1.54) is 5.56 Å². The van der Waals surface area contributed by atoms with Gasteiger partial charge in [0.25, 0.3) is 0 Å². The van der Waals surface area contributed by atoms with Crippen LogP contribution in [0, 0.1) is 0 Å². The third kappa shape index (κ3) is 5.03. The van der Waals surface area contributed by atoms with Crippen LogP contribution in [0.5, 0.6) is 0 Å². The smallest absolute Gasteiger partial charge is 0.436 e. The molecule has 0 aliphatic rings. The number of hydrogen-bond acceptors (Lipinski definition) is 2. The molecule has 110 valence electrons.